The van der Waals surface area contributed by atoms with Crippen molar-refractivity contribution in [3.63, 3.8) is 0 Å². The van der Waals surface area contributed by atoms with Crippen LogP contribution in [-0.4, -0.2) is 59.8 Å². The SMILES string of the molecule is OC(CNC1CCN(c2ncnc3scc(-c4ccccc4)c23)CC1)COc1ccc(OC(F)(F)F)cc1. The number of rotatable bonds is 9. The van der Waals surface area contributed by atoms with Gasteiger partial charge in [0, 0.05) is 36.6 Å². The number of hydrogen-bond donors (Lipinski definition) is 2. The van der Waals surface area contributed by atoms with Crippen LogP contribution >= 0.6 is 11.3 Å². The molecule has 7 nitrogen and oxygen atoms in total. The number of nitrogens with zero attached hydrogens (tertiary/aromatic N) is 3. The van der Waals surface area contributed by atoms with E-state index in [1.807, 2.05) is 18.2 Å². The second-order valence-corrected chi connectivity index (χ2v) is 9.90. The Hall–Kier alpha value is -3.41. The van der Waals surface area contributed by atoms with E-state index in [-0.39, 0.29) is 18.4 Å². The van der Waals surface area contributed by atoms with Gasteiger partial charge in [-0.2, -0.15) is 0 Å². The van der Waals surface area contributed by atoms with Crippen LogP contribution < -0.4 is 19.7 Å². The van der Waals surface area contributed by atoms with Crippen molar-refractivity contribution in [2.75, 3.05) is 31.1 Å². The van der Waals surface area contributed by atoms with Crippen molar-refractivity contribution in [1.82, 2.24) is 15.3 Å². The van der Waals surface area contributed by atoms with Gasteiger partial charge < -0.3 is 24.8 Å². The van der Waals surface area contributed by atoms with E-state index >= 15 is 0 Å². The normalized spacial score (nSPS) is 15.5. The summed E-state index contributed by atoms with van der Waals surface area (Å²) in [6.45, 7) is 2.02. The third-order valence-electron chi connectivity index (χ3n) is 6.37. The van der Waals surface area contributed by atoms with Gasteiger partial charge in [0.25, 0.3) is 0 Å². The monoisotopic (exact) mass is 544 g/mol. The highest BCUT2D eigenvalue weighted by atomic mass is 32.1. The third-order valence-corrected chi connectivity index (χ3v) is 7.26. The van der Waals surface area contributed by atoms with E-state index in [1.165, 1.54) is 24.3 Å². The second-order valence-electron chi connectivity index (χ2n) is 9.05. The fourth-order valence-electron chi connectivity index (χ4n) is 4.52. The quantitative estimate of drug-likeness (QED) is 0.298. The molecule has 0 amide bonds. The smallest absolute Gasteiger partial charge is 0.491 e. The summed E-state index contributed by atoms with van der Waals surface area (Å²) < 4.78 is 46.2. The van der Waals surface area contributed by atoms with Crippen LogP contribution in [0.5, 0.6) is 11.5 Å². The summed E-state index contributed by atoms with van der Waals surface area (Å²) in [7, 11) is 0. The molecular formula is C27H27F3N4O3S. The molecule has 38 heavy (non-hydrogen) atoms. The van der Waals surface area contributed by atoms with Crippen LogP contribution in [0.3, 0.4) is 0 Å². The minimum Gasteiger partial charge on any atom is -0.491 e. The number of nitrogens with one attached hydrogen (secondary N) is 1. The Balaban J connectivity index is 1.11. The molecule has 1 atom stereocenters. The first-order valence-electron chi connectivity index (χ1n) is 12.3. The van der Waals surface area contributed by atoms with Gasteiger partial charge in [-0.25, -0.2) is 9.97 Å². The molecule has 0 radical (unpaired) electrons. The molecule has 1 unspecified atom stereocenters. The van der Waals surface area contributed by atoms with Crippen molar-refractivity contribution in [3.8, 4) is 22.6 Å². The molecule has 0 bridgehead atoms. The maximum Gasteiger partial charge on any atom is 0.573 e. The first-order chi connectivity index (χ1) is 18.4. The zero-order chi connectivity index (χ0) is 26.5. The van der Waals surface area contributed by atoms with E-state index in [2.05, 4.69) is 42.4 Å². The predicted octanol–water partition coefficient (Wildman–Crippen LogP) is 5.26. The van der Waals surface area contributed by atoms with Crippen molar-refractivity contribution >= 4 is 27.4 Å². The van der Waals surface area contributed by atoms with E-state index in [4.69, 9.17) is 4.74 Å². The standard InChI is InChI=1S/C27H27F3N4O3S/c28-27(29,30)37-22-8-6-21(7-9-22)36-15-20(35)14-31-19-10-12-34(13-11-19)25-24-23(18-4-2-1-3-5-18)16-38-26(24)33-17-32-25/h1-9,16-17,19-20,31,35H,10-15H2. The summed E-state index contributed by atoms with van der Waals surface area (Å²) in [6, 6.07) is 15.6. The van der Waals surface area contributed by atoms with Crippen molar-refractivity contribution in [1.29, 1.82) is 0 Å². The second kappa shape index (κ2) is 11.5. The van der Waals surface area contributed by atoms with Crippen molar-refractivity contribution < 1.29 is 27.8 Å². The fraction of sp³-hybridized carbons (Fsp3) is 0.333. The number of piperidine rings is 1. The van der Waals surface area contributed by atoms with Gasteiger partial charge in [0.1, 0.15) is 41.2 Å². The van der Waals surface area contributed by atoms with Gasteiger partial charge >= 0.3 is 6.36 Å². The maximum absolute atomic E-state index is 12.3. The maximum atomic E-state index is 12.3. The molecule has 0 saturated carbocycles. The average Bonchev–Trinajstić information content (AvgIpc) is 3.36. The third kappa shape index (κ3) is 6.53. The molecular weight excluding hydrogens is 517 g/mol. The summed E-state index contributed by atoms with van der Waals surface area (Å²) in [5.41, 5.74) is 2.29. The highest BCUT2D eigenvalue weighted by Gasteiger charge is 2.31. The minimum atomic E-state index is -4.74. The molecule has 11 heteroatoms. The Morgan fingerprint density at radius 2 is 1.74 bits per heavy atom. The van der Waals surface area contributed by atoms with E-state index < -0.39 is 12.5 Å². The van der Waals surface area contributed by atoms with Crippen LogP contribution in [0.15, 0.2) is 66.3 Å². The number of alkyl halides is 3. The van der Waals surface area contributed by atoms with Gasteiger partial charge in [-0.05, 0) is 42.7 Å². The Morgan fingerprint density at radius 3 is 2.45 bits per heavy atom. The number of fused-ring (bicyclic) bond motifs is 1. The van der Waals surface area contributed by atoms with E-state index in [1.54, 1.807) is 17.7 Å². The Morgan fingerprint density at radius 1 is 1.03 bits per heavy atom. The molecule has 4 aromatic rings. The Bertz CT molecular complexity index is 1330. The lowest BCUT2D eigenvalue weighted by Gasteiger charge is -2.34. The highest BCUT2D eigenvalue weighted by Crippen LogP contribution is 2.38. The van der Waals surface area contributed by atoms with Gasteiger partial charge in [0.15, 0.2) is 0 Å². The van der Waals surface area contributed by atoms with Crippen molar-refractivity contribution in [2.45, 2.75) is 31.3 Å². The zero-order valence-corrected chi connectivity index (χ0v) is 21.2. The first kappa shape index (κ1) is 26.2. The van der Waals surface area contributed by atoms with E-state index in [0.717, 1.165) is 53.1 Å². The number of anilines is 1. The molecule has 5 rings (SSSR count). The topological polar surface area (TPSA) is 79.7 Å². The molecule has 2 aromatic heterocycles. The molecule has 200 valence electrons. The van der Waals surface area contributed by atoms with Crippen molar-refractivity contribution in [3.05, 3.63) is 66.3 Å². The average molecular weight is 545 g/mol. The van der Waals surface area contributed by atoms with Crippen LogP contribution in [0.25, 0.3) is 21.3 Å². The van der Waals surface area contributed by atoms with E-state index in [0.29, 0.717) is 12.3 Å². The number of aromatic nitrogens is 2. The van der Waals surface area contributed by atoms with Gasteiger partial charge in [0.2, 0.25) is 0 Å². The van der Waals surface area contributed by atoms with Crippen molar-refractivity contribution in [2.24, 2.45) is 0 Å². The van der Waals surface area contributed by atoms with E-state index in [9.17, 15) is 18.3 Å². The number of ether oxygens (including phenoxy) is 2. The number of aliphatic hydroxyl groups is 1. The van der Waals surface area contributed by atoms with Gasteiger partial charge in [-0.1, -0.05) is 30.3 Å². The molecule has 2 aromatic carbocycles. The minimum absolute atomic E-state index is 0.0185. The fourth-order valence-corrected chi connectivity index (χ4v) is 5.43. The van der Waals surface area contributed by atoms with Crippen LogP contribution in [0, 0.1) is 0 Å². The molecule has 3 heterocycles. The molecule has 0 aliphatic carbocycles. The molecule has 2 N–H and O–H groups in total. The number of thiophene rings is 1. The summed E-state index contributed by atoms with van der Waals surface area (Å²) >= 11 is 1.62. The number of halogens is 3. The summed E-state index contributed by atoms with van der Waals surface area (Å²) in [5.74, 6) is 0.983. The van der Waals surface area contributed by atoms with Crippen LogP contribution in [0.2, 0.25) is 0 Å². The number of aliphatic hydroxyl groups excluding tert-OH is 1. The predicted molar refractivity (Wildman–Crippen MR) is 141 cm³/mol. The first-order valence-corrected chi connectivity index (χ1v) is 13.2. The van der Waals surface area contributed by atoms with Crippen LogP contribution in [0.1, 0.15) is 12.8 Å². The lowest BCUT2D eigenvalue weighted by atomic mass is 10.0. The Kier molecular flexibility index (Phi) is 7.96. The lowest BCUT2D eigenvalue weighted by molar-refractivity contribution is -0.274. The van der Waals surface area contributed by atoms with Crippen LogP contribution in [-0.2, 0) is 0 Å². The molecule has 1 aliphatic rings. The molecule has 0 spiro atoms. The van der Waals surface area contributed by atoms with Gasteiger partial charge in [-0.15, -0.1) is 24.5 Å². The summed E-state index contributed by atoms with van der Waals surface area (Å²) in [5, 5.41) is 16.9. The Labute approximate surface area is 221 Å². The molecule has 1 fully saturated rings. The van der Waals surface area contributed by atoms with Crippen LogP contribution in [0.4, 0.5) is 19.0 Å². The summed E-state index contributed by atoms with van der Waals surface area (Å²) in [4.78, 5) is 12.4. The van der Waals surface area contributed by atoms with Gasteiger partial charge in [-0.3, -0.25) is 0 Å². The highest BCUT2D eigenvalue weighted by molar-refractivity contribution is 7.17. The molecule has 1 aliphatic heterocycles. The zero-order valence-electron chi connectivity index (χ0n) is 20.4. The van der Waals surface area contributed by atoms with Gasteiger partial charge in [0.05, 0.1) is 5.39 Å². The number of hydrogen-bond acceptors (Lipinski definition) is 8. The lowest BCUT2D eigenvalue weighted by Crippen LogP contribution is -2.45. The largest absolute Gasteiger partial charge is 0.573 e. The summed E-state index contributed by atoms with van der Waals surface area (Å²) in [6.07, 6.45) is -2.09. The molecule has 1 saturated heterocycles. The number of benzene rings is 2.